The van der Waals surface area contributed by atoms with Gasteiger partial charge in [-0.15, -0.1) is 0 Å². The van der Waals surface area contributed by atoms with Crippen molar-refractivity contribution >= 4 is 11.9 Å². The van der Waals surface area contributed by atoms with Gasteiger partial charge in [-0.25, -0.2) is 0 Å². The zero-order chi connectivity index (χ0) is 16.7. The van der Waals surface area contributed by atoms with Crippen LogP contribution in [-0.4, -0.2) is 17.9 Å². The summed E-state index contributed by atoms with van der Waals surface area (Å²) in [4.78, 5) is 15.7. The predicted octanol–water partition coefficient (Wildman–Crippen LogP) is 5.11. The second-order valence-electron chi connectivity index (χ2n) is 6.31. The molecule has 0 aliphatic heterocycles. The molecule has 0 amide bonds. The van der Waals surface area contributed by atoms with Gasteiger partial charge < -0.3 is 4.74 Å². The molecule has 0 fully saturated rings. The van der Waals surface area contributed by atoms with Crippen LogP contribution in [0.25, 0.3) is 5.57 Å². The smallest absolute Gasteiger partial charge is 0.148 e. The molecule has 3 heteroatoms. The van der Waals surface area contributed by atoms with Crippen molar-refractivity contribution in [1.82, 2.24) is 4.98 Å². The number of pyridine rings is 1. The molecule has 22 heavy (non-hydrogen) atoms. The number of rotatable bonds is 8. The summed E-state index contributed by atoms with van der Waals surface area (Å²) in [6, 6.07) is 2.06. The molecule has 0 atom stereocenters. The topological polar surface area (TPSA) is 39.2 Å². The highest BCUT2D eigenvalue weighted by Gasteiger charge is 2.19. The lowest BCUT2D eigenvalue weighted by atomic mass is 9.97. The van der Waals surface area contributed by atoms with E-state index in [4.69, 9.17) is 9.72 Å². The summed E-state index contributed by atoms with van der Waals surface area (Å²) < 4.78 is 6.05. The summed E-state index contributed by atoms with van der Waals surface area (Å²) >= 11 is 0. The molecular weight excluding hydrogens is 274 g/mol. The van der Waals surface area contributed by atoms with Crippen molar-refractivity contribution in [3.63, 3.8) is 0 Å². The molecule has 0 N–H and O–H groups in total. The standard InChI is InChI=1S/C19H29NO2/c1-7-8-11-22-19-16(15(6)9-10-21)12-17(13(2)3)20-18(19)14(4)5/h9-10,12-14H,7-8,11H2,1-6H3. The fourth-order valence-electron chi connectivity index (χ4n) is 2.22. The molecule has 122 valence electrons. The zero-order valence-corrected chi connectivity index (χ0v) is 14.8. The Kier molecular flexibility index (Phi) is 7.30. The lowest BCUT2D eigenvalue weighted by Crippen LogP contribution is -2.09. The van der Waals surface area contributed by atoms with Crippen molar-refractivity contribution in [2.45, 2.75) is 66.2 Å². The highest BCUT2D eigenvalue weighted by atomic mass is 16.5. The number of hydrogen-bond acceptors (Lipinski definition) is 3. The Balaban J connectivity index is 3.45. The van der Waals surface area contributed by atoms with Gasteiger partial charge in [0.1, 0.15) is 12.0 Å². The van der Waals surface area contributed by atoms with E-state index in [-0.39, 0.29) is 5.92 Å². The van der Waals surface area contributed by atoms with Crippen molar-refractivity contribution < 1.29 is 9.53 Å². The fraction of sp³-hybridized carbons (Fsp3) is 0.579. The van der Waals surface area contributed by atoms with E-state index in [2.05, 4.69) is 40.7 Å². The van der Waals surface area contributed by atoms with Crippen LogP contribution >= 0.6 is 0 Å². The summed E-state index contributed by atoms with van der Waals surface area (Å²) in [5.74, 6) is 1.45. The third-order valence-electron chi connectivity index (χ3n) is 3.64. The molecule has 1 aromatic rings. The number of unbranched alkanes of at least 4 members (excludes halogenated alkanes) is 1. The van der Waals surface area contributed by atoms with Gasteiger partial charge in [0, 0.05) is 11.3 Å². The number of aldehydes is 1. The Morgan fingerprint density at radius 2 is 1.95 bits per heavy atom. The van der Waals surface area contributed by atoms with Gasteiger partial charge >= 0.3 is 0 Å². The maximum absolute atomic E-state index is 10.9. The van der Waals surface area contributed by atoms with Crippen LogP contribution in [0.5, 0.6) is 5.75 Å². The van der Waals surface area contributed by atoms with E-state index in [0.29, 0.717) is 12.5 Å². The largest absolute Gasteiger partial charge is 0.491 e. The fourth-order valence-corrected chi connectivity index (χ4v) is 2.22. The van der Waals surface area contributed by atoms with Crippen molar-refractivity contribution in [3.05, 3.63) is 29.1 Å². The minimum absolute atomic E-state index is 0.276. The monoisotopic (exact) mass is 303 g/mol. The Bertz CT molecular complexity index is 530. The molecule has 1 aromatic heterocycles. The summed E-state index contributed by atoms with van der Waals surface area (Å²) in [6.45, 7) is 13.3. The van der Waals surface area contributed by atoms with E-state index in [9.17, 15) is 4.79 Å². The van der Waals surface area contributed by atoms with Gasteiger partial charge in [0.25, 0.3) is 0 Å². The highest BCUT2D eigenvalue weighted by Crippen LogP contribution is 2.35. The van der Waals surface area contributed by atoms with Gasteiger partial charge in [0.15, 0.2) is 0 Å². The molecule has 0 radical (unpaired) electrons. The molecule has 0 spiro atoms. The highest BCUT2D eigenvalue weighted by molar-refractivity contribution is 5.83. The molecule has 0 aliphatic rings. The van der Waals surface area contributed by atoms with Crippen molar-refractivity contribution in [2.75, 3.05) is 6.61 Å². The van der Waals surface area contributed by atoms with Gasteiger partial charge in [0.2, 0.25) is 0 Å². The van der Waals surface area contributed by atoms with Crippen LogP contribution in [0.1, 0.15) is 83.2 Å². The summed E-state index contributed by atoms with van der Waals surface area (Å²) in [6.07, 6.45) is 4.53. The van der Waals surface area contributed by atoms with Crippen molar-refractivity contribution in [1.29, 1.82) is 0 Å². The first kappa shape index (κ1) is 18.4. The van der Waals surface area contributed by atoms with Crippen LogP contribution in [0.3, 0.4) is 0 Å². The number of allylic oxidation sites excluding steroid dienone is 2. The van der Waals surface area contributed by atoms with E-state index in [0.717, 1.165) is 47.4 Å². The van der Waals surface area contributed by atoms with Gasteiger partial charge in [-0.2, -0.15) is 0 Å². The summed E-state index contributed by atoms with van der Waals surface area (Å²) in [7, 11) is 0. The molecule has 3 nitrogen and oxygen atoms in total. The molecule has 1 heterocycles. The Hall–Kier alpha value is -1.64. The number of carbonyl (C=O) groups excluding carboxylic acids is 1. The van der Waals surface area contributed by atoms with Gasteiger partial charge in [0.05, 0.1) is 12.3 Å². The number of aromatic nitrogens is 1. The van der Waals surface area contributed by atoms with E-state index in [1.165, 1.54) is 0 Å². The van der Waals surface area contributed by atoms with E-state index in [1.54, 1.807) is 6.08 Å². The average Bonchev–Trinajstić information content (AvgIpc) is 2.47. The number of carbonyl (C=O) groups is 1. The minimum Gasteiger partial charge on any atom is -0.491 e. The number of nitrogens with zero attached hydrogens (tertiary/aromatic N) is 1. The van der Waals surface area contributed by atoms with Crippen LogP contribution in [-0.2, 0) is 4.79 Å². The Labute approximate surface area is 134 Å². The van der Waals surface area contributed by atoms with Crippen LogP contribution in [0.15, 0.2) is 12.1 Å². The number of ether oxygens (including phenoxy) is 1. The lowest BCUT2D eigenvalue weighted by Gasteiger charge is -2.20. The van der Waals surface area contributed by atoms with Crippen molar-refractivity contribution in [3.8, 4) is 5.75 Å². The van der Waals surface area contributed by atoms with E-state index in [1.807, 2.05) is 6.92 Å². The molecular formula is C19H29NO2. The zero-order valence-electron chi connectivity index (χ0n) is 14.8. The average molecular weight is 303 g/mol. The predicted molar refractivity (Wildman–Crippen MR) is 92.5 cm³/mol. The van der Waals surface area contributed by atoms with Crippen LogP contribution in [0, 0.1) is 0 Å². The lowest BCUT2D eigenvalue weighted by molar-refractivity contribution is -0.104. The van der Waals surface area contributed by atoms with Crippen molar-refractivity contribution in [2.24, 2.45) is 0 Å². The normalized spacial score (nSPS) is 12.1. The first-order valence-electron chi connectivity index (χ1n) is 8.22. The van der Waals surface area contributed by atoms with Gasteiger partial charge in [-0.1, -0.05) is 41.0 Å². The summed E-state index contributed by atoms with van der Waals surface area (Å²) in [5.41, 5.74) is 3.94. The molecule has 0 bridgehead atoms. The maximum atomic E-state index is 10.9. The van der Waals surface area contributed by atoms with Gasteiger partial charge in [-0.3, -0.25) is 9.78 Å². The molecule has 0 unspecified atom stereocenters. The molecule has 0 saturated heterocycles. The Morgan fingerprint density at radius 1 is 1.27 bits per heavy atom. The molecule has 0 aliphatic carbocycles. The third kappa shape index (κ3) is 4.69. The van der Waals surface area contributed by atoms with E-state index < -0.39 is 0 Å². The Morgan fingerprint density at radius 3 is 2.45 bits per heavy atom. The second kappa shape index (κ2) is 8.72. The van der Waals surface area contributed by atoms with E-state index >= 15 is 0 Å². The SMILES string of the molecule is CCCCOc1c(C(C)=CC=O)cc(C(C)C)nc1C(C)C. The first-order chi connectivity index (χ1) is 10.4. The van der Waals surface area contributed by atoms with Crippen LogP contribution in [0.4, 0.5) is 0 Å². The summed E-state index contributed by atoms with van der Waals surface area (Å²) in [5, 5.41) is 0. The molecule has 1 rings (SSSR count). The third-order valence-corrected chi connectivity index (χ3v) is 3.64. The quantitative estimate of drug-likeness (QED) is 0.380. The maximum Gasteiger partial charge on any atom is 0.148 e. The molecule has 0 saturated carbocycles. The first-order valence-corrected chi connectivity index (χ1v) is 8.22. The number of hydrogen-bond donors (Lipinski definition) is 0. The minimum atomic E-state index is 0.276. The van der Waals surface area contributed by atoms with Gasteiger partial charge in [-0.05, 0) is 42.9 Å². The van der Waals surface area contributed by atoms with Crippen LogP contribution in [0.2, 0.25) is 0 Å². The second-order valence-corrected chi connectivity index (χ2v) is 6.31. The molecule has 0 aromatic carbocycles. The van der Waals surface area contributed by atoms with Crippen LogP contribution < -0.4 is 4.74 Å².